The van der Waals surface area contributed by atoms with E-state index in [1.807, 2.05) is 19.1 Å². The monoisotopic (exact) mass is 328 g/mol. The molecule has 0 radical (unpaired) electrons. The first-order valence-electron chi connectivity index (χ1n) is 5.87. The van der Waals surface area contributed by atoms with Gasteiger partial charge < -0.3 is 15.3 Å². The zero-order valence-corrected chi connectivity index (χ0v) is 12.7. The van der Waals surface area contributed by atoms with Gasteiger partial charge >= 0.3 is 12.0 Å². The number of aliphatic carboxylic acids is 1. The molecule has 1 aromatic rings. The summed E-state index contributed by atoms with van der Waals surface area (Å²) in [6.07, 6.45) is 0. The summed E-state index contributed by atoms with van der Waals surface area (Å²) < 4.78 is 0.925. The predicted molar refractivity (Wildman–Crippen MR) is 77.4 cm³/mol. The summed E-state index contributed by atoms with van der Waals surface area (Å²) >= 11 is 3.35. The Kier molecular flexibility index (Phi) is 5.35. The fraction of sp³-hybridized carbons (Fsp3) is 0.385. The Morgan fingerprint density at radius 3 is 2.53 bits per heavy atom. The van der Waals surface area contributed by atoms with E-state index in [9.17, 15) is 9.59 Å². The summed E-state index contributed by atoms with van der Waals surface area (Å²) in [5, 5.41) is 11.5. The first-order chi connectivity index (χ1) is 8.81. The molecule has 0 aliphatic heterocycles. The summed E-state index contributed by atoms with van der Waals surface area (Å²) in [6.45, 7) is 5.10. The maximum Gasteiger partial charge on any atom is 0.323 e. The van der Waals surface area contributed by atoms with Crippen LogP contribution in [0.5, 0.6) is 0 Å². The lowest BCUT2D eigenvalue weighted by atomic mass is 10.2. The molecular weight excluding hydrogens is 312 g/mol. The van der Waals surface area contributed by atoms with Crippen molar-refractivity contribution in [2.45, 2.75) is 26.8 Å². The first-order valence-corrected chi connectivity index (χ1v) is 6.66. The number of rotatable bonds is 4. The Bertz CT molecular complexity index is 489. The molecule has 0 bridgehead atoms. The van der Waals surface area contributed by atoms with Gasteiger partial charge in [0.2, 0.25) is 0 Å². The second-order valence-electron chi connectivity index (χ2n) is 4.50. The Morgan fingerprint density at radius 2 is 2.05 bits per heavy atom. The summed E-state index contributed by atoms with van der Waals surface area (Å²) in [7, 11) is 0. The molecule has 2 N–H and O–H groups in total. The number of nitrogens with one attached hydrogen (secondary N) is 1. The molecule has 5 nitrogen and oxygen atoms in total. The molecule has 0 unspecified atom stereocenters. The number of carboxylic acid groups (broad SMARTS) is 1. The number of amides is 2. The van der Waals surface area contributed by atoms with Crippen molar-refractivity contribution in [2.75, 3.05) is 11.9 Å². The van der Waals surface area contributed by atoms with Crippen molar-refractivity contribution in [3.8, 4) is 0 Å². The molecule has 0 fully saturated rings. The number of carbonyl (C=O) groups is 2. The Balaban J connectivity index is 2.84. The highest BCUT2D eigenvalue weighted by Crippen LogP contribution is 2.20. The number of hydrogen-bond acceptors (Lipinski definition) is 2. The standard InChI is InChI=1S/C13H17BrN2O3/c1-8(2)16(7-12(17)18)13(19)15-11-5-4-10(14)6-9(11)3/h4-6,8H,7H2,1-3H3,(H,15,19)(H,17,18). The van der Waals surface area contributed by atoms with Gasteiger partial charge in [0, 0.05) is 16.2 Å². The number of hydrogen-bond donors (Lipinski definition) is 2. The molecule has 0 atom stereocenters. The maximum absolute atomic E-state index is 12.1. The molecular formula is C13H17BrN2O3. The van der Waals surface area contributed by atoms with Gasteiger partial charge in [0.25, 0.3) is 0 Å². The highest BCUT2D eigenvalue weighted by molar-refractivity contribution is 9.10. The average molecular weight is 329 g/mol. The van der Waals surface area contributed by atoms with E-state index in [1.165, 1.54) is 4.90 Å². The van der Waals surface area contributed by atoms with Gasteiger partial charge in [-0.05, 0) is 44.5 Å². The number of urea groups is 1. The van der Waals surface area contributed by atoms with Gasteiger partial charge in [0.15, 0.2) is 0 Å². The van der Waals surface area contributed by atoms with E-state index in [2.05, 4.69) is 21.2 Å². The summed E-state index contributed by atoms with van der Waals surface area (Å²) in [5.41, 5.74) is 1.57. The number of carboxylic acids is 1. The van der Waals surface area contributed by atoms with Crippen LogP contribution in [0.3, 0.4) is 0 Å². The molecule has 0 aliphatic rings. The molecule has 1 rings (SSSR count). The SMILES string of the molecule is Cc1cc(Br)ccc1NC(=O)N(CC(=O)O)C(C)C. The highest BCUT2D eigenvalue weighted by Gasteiger charge is 2.20. The van der Waals surface area contributed by atoms with E-state index < -0.39 is 12.0 Å². The largest absolute Gasteiger partial charge is 0.480 e. The van der Waals surface area contributed by atoms with Gasteiger partial charge in [0.05, 0.1) is 0 Å². The van der Waals surface area contributed by atoms with Crippen LogP contribution in [0.4, 0.5) is 10.5 Å². The third-order valence-electron chi connectivity index (χ3n) is 2.62. The van der Waals surface area contributed by atoms with Crippen LogP contribution in [0.2, 0.25) is 0 Å². The third kappa shape index (κ3) is 4.55. The van der Waals surface area contributed by atoms with Crippen LogP contribution in [-0.2, 0) is 4.79 Å². The van der Waals surface area contributed by atoms with Crippen molar-refractivity contribution < 1.29 is 14.7 Å². The van der Waals surface area contributed by atoms with Crippen molar-refractivity contribution in [1.29, 1.82) is 0 Å². The second-order valence-corrected chi connectivity index (χ2v) is 5.42. The lowest BCUT2D eigenvalue weighted by Gasteiger charge is -2.25. The number of nitrogens with zero attached hydrogens (tertiary/aromatic N) is 1. The van der Waals surface area contributed by atoms with Crippen molar-refractivity contribution in [3.63, 3.8) is 0 Å². The number of anilines is 1. The maximum atomic E-state index is 12.1. The van der Waals surface area contributed by atoms with Gasteiger partial charge in [-0.2, -0.15) is 0 Å². The van der Waals surface area contributed by atoms with Crippen LogP contribution in [0.25, 0.3) is 0 Å². The van der Waals surface area contributed by atoms with Crippen LogP contribution in [0.1, 0.15) is 19.4 Å². The van der Waals surface area contributed by atoms with Crippen LogP contribution < -0.4 is 5.32 Å². The smallest absolute Gasteiger partial charge is 0.323 e. The lowest BCUT2D eigenvalue weighted by molar-refractivity contribution is -0.137. The van der Waals surface area contributed by atoms with E-state index in [-0.39, 0.29) is 12.6 Å². The van der Waals surface area contributed by atoms with E-state index >= 15 is 0 Å². The van der Waals surface area contributed by atoms with Gasteiger partial charge in [-0.1, -0.05) is 15.9 Å². The second kappa shape index (κ2) is 6.56. The Morgan fingerprint density at radius 1 is 1.42 bits per heavy atom. The third-order valence-corrected chi connectivity index (χ3v) is 3.11. The van der Waals surface area contributed by atoms with Crippen molar-refractivity contribution >= 4 is 33.6 Å². The molecule has 2 amide bonds. The Labute approximate surface area is 120 Å². The van der Waals surface area contributed by atoms with E-state index in [1.54, 1.807) is 19.9 Å². The van der Waals surface area contributed by atoms with E-state index in [0.717, 1.165) is 10.0 Å². The molecule has 0 spiro atoms. The predicted octanol–water partition coefficient (Wildman–Crippen LogP) is 3.08. The van der Waals surface area contributed by atoms with Gasteiger partial charge in [0.1, 0.15) is 6.54 Å². The number of halogens is 1. The number of aryl methyl sites for hydroxylation is 1. The summed E-state index contributed by atoms with van der Waals surface area (Å²) in [6, 6.07) is 4.87. The van der Waals surface area contributed by atoms with Crippen LogP contribution in [-0.4, -0.2) is 34.6 Å². The van der Waals surface area contributed by atoms with Crippen LogP contribution in [0.15, 0.2) is 22.7 Å². The molecule has 0 saturated carbocycles. The van der Waals surface area contributed by atoms with E-state index in [4.69, 9.17) is 5.11 Å². The zero-order valence-electron chi connectivity index (χ0n) is 11.1. The molecule has 0 aromatic heterocycles. The van der Waals surface area contributed by atoms with Crippen molar-refractivity contribution in [3.05, 3.63) is 28.2 Å². The molecule has 6 heteroatoms. The minimum atomic E-state index is -1.03. The number of benzene rings is 1. The molecule has 104 valence electrons. The normalized spacial score (nSPS) is 10.4. The van der Waals surface area contributed by atoms with Crippen molar-refractivity contribution in [2.24, 2.45) is 0 Å². The molecule has 0 saturated heterocycles. The summed E-state index contributed by atoms with van der Waals surface area (Å²) in [4.78, 5) is 24.1. The van der Waals surface area contributed by atoms with Gasteiger partial charge in [-0.3, -0.25) is 4.79 Å². The minimum absolute atomic E-state index is 0.188. The Hall–Kier alpha value is -1.56. The molecule has 19 heavy (non-hydrogen) atoms. The van der Waals surface area contributed by atoms with Crippen LogP contribution in [0, 0.1) is 6.92 Å². The molecule has 0 heterocycles. The molecule has 0 aliphatic carbocycles. The topological polar surface area (TPSA) is 69.6 Å². The first kappa shape index (κ1) is 15.5. The van der Waals surface area contributed by atoms with Gasteiger partial charge in [-0.25, -0.2) is 4.79 Å². The number of carbonyl (C=O) groups excluding carboxylic acids is 1. The van der Waals surface area contributed by atoms with Crippen molar-refractivity contribution in [1.82, 2.24) is 4.90 Å². The van der Waals surface area contributed by atoms with Crippen LogP contribution >= 0.6 is 15.9 Å². The summed E-state index contributed by atoms with van der Waals surface area (Å²) in [5.74, 6) is -1.03. The minimum Gasteiger partial charge on any atom is -0.480 e. The highest BCUT2D eigenvalue weighted by atomic mass is 79.9. The molecule has 1 aromatic carbocycles. The van der Waals surface area contributed by atoms with E-state index in [0.29, 0.717) is 5.69 Å². The zero-order chi connectivity index (χ0) is 14.6. The average Bonchev–Trinajstić information content (AvgIpc) is 2.29. The fourth-order valence-corrected chi connectivity index (χ4v) is 2.06. The fourth-order valence-electron chi connectivity index (χ4n) is 1.59. The lowest BCUT2D eigenvalue weighted by Crippen LogP contribution is -2.43. The van der Waals surface area contributed by atoms with Gasteiger partial charge in [-0.15, -0.1) is 0 Å². The quantitative estimate of drug-likeness (QED) is 0.892.